The van der Waals surface area contributed by atoms with Crippen LogP contribution in [0.25, 0.3) is 0 Å². The lowest BCUT2D eigenvalue weighted by Gasteiger charge is -2.30. The monoisotopic (exact) mass is 185 g/mol. The number of hydrogen-bond donors (Lipinski definition) is 1. The second-order valence-corrected chi connectivity index (χ2v) is 3.75. The minimum absolute atomic E-state index is 0.389. The number of rotatable bonds is 2. The Morgan fingerprint density at radius 2 is 2.58 bits per heavy atom. The zero-order chi connectivity index (χ0) is 8.97. The Morgan fingerprint density at radius 1 is 1.83 bits per heavy atom. The number of terminal acetylenes is 1. The SMILES string of the molecule is C#CCN1CCSCC1C(=O)O. The van der Waals surface area contributed by atoms with Crippen LogP contribution in [0, 0.1) is 12.3 Å². The summed E-state index contributed by atoms with van der Waals surface area (Å²) in [7, 11) is 0. The van der Waals surface area contributed by atoms with Gasteiger partial charge in [0.15, 0.2) is 0 Å². The Balaban J connectivity index is 2.55. The molecule has 0 aliphatic carbocycles. The van der Waals surface area contributed by atoms with Gasteiger partial charge < -0.3 is 5.11 Å². The molecule has 1 heterocycles. The third kappa shape index (κ3) is 2.16. The van der Waals surface area contributed by atoms with Crippen LogP contribution in [0.3, 0.4) is 0 Å². The fourth-order valence-corrected chi connectivity index (χ4v) is 2.28. The van der Waals surface area contributed by atoms with Gasteiger partial charge in [-0.2, -0.15) is 11.8 Å². The highest BCUT2D eigenvalue weighted by molar-refractivity contribution is 7.99. The van der Waals surface area contributed by atoms with E-state index >= 15 is 0 Å². The van der Waals surface area contributed by atoms with Crippen molar-refractivity contribution in [3.8, 4) is 12.3 Å². The van der Waals surface area contributed by atoms with Crippen LogP contribution in [-0.4, -0.2) is 46.6 Å². The number of carboxylic acids is 1. The van der Waals surface area contributed by atoms with Gasteiger partial charge in [0.25, 0.3) is 0 Å². The van der Waals surface area contributed by atoms with E-state index in [0.717, 1.165) is 12.3 Å². The lowest BCUT2D eigenvalue weighted by molar-refractivity contribution is -0.142. The van der Waals surface area contributed by atoms with Crippen molar-refractivity contribution in [2.24, 2.45) is 0 Å². The van der Waals surface area contributed by atoms with Gasteiger partial charge in [-0.15, -0.1) is 6.42 Å². The number of carboxylic acid groups (broad SMARTS) is 1. The molecule has 1 rings (SSSR count). The molecule has 0 radical (unpaired) electrons. The Bertz CT molecular complexity index is 212. The fourth-order valence-electron chi connectivity index (χ4n) is 1.17. The highest BCUT2D eigenvalue weighted by Crippen LogP contribution is 2.15. The van der Waals surface area contributed by atoms with Crippen LogP contribution in [0.15, 0.2) is 0 Å². The van der Waals surface area contributed by atoms with Gasteiger partial charge in [0, 0.05) is 18.1 Å². The van der Waals surface area contributed by atoms with Crippen molar-refractivity contribution in [3.63, 3.8) is 0 Å². The zero-order valence-electron chi connectivity index (χ0n) is 6.69. The van der Waals surface area contributed by atoms with Crippen LogP contribution >= 0.6 is 11.8 Å². The van der Waals surface area contributed by atoms with Crippen LogP contribution in [0.2, 0.25) is 0 Å². The van der Waals surface area contributed by atoms with Gasteiger partial charge in [-0.1, -0.05) is 5.92 Å². The summed E-state index contributed by atoms with van der Waals surface area (Å²) >= 11 is 1.67. The maximum absolute atomic E-state index is 10.7. The molecule has 12 heavy (non-hydrogen) atoms. The second-order valence-electron chi connectivity index (χ2n) is 2.60. The van der Waals surface area contributed by atoms with E-state index in [0.29, 0.717) is 12.3 Å². The van der Waals surface area contributed by atoms with Gasteiger partial charge in [-0.05, 0) is 0 Å². The van der Waals surface area contributed by atoms with E-state index in [-0.39, 0.29) is 6.04 Å². The molecule has 0 spiro atoms. The molecule has 1 aliphatic rings. The van der Waals surface area contributed by atoms with Crippen molar-refractivity contribution in [1.82, 2.24) is 4.90 Å². The molecule has 0 saturated carbocycles. The smallest absolute Gasteiger partial charge is 0.321 e. The first-order valence-corrected chi connectivity index (χ1v) is 4.89. The van der Waals surface area contributed by atoms with Gasteiger partial charge in [0.2, 0.25) is 0 Å². The van der Waals surface area contributed by atoms with Crippen molar-refractivity contribution in [2.45, 2.75) is 6.04 Å². The molecule has 0 bridgehead atoms. The number of hydrogen-bond acceptors (Lipinski definition) is 3. The highest BCUT2D eigenvalue weighted by atomic mass is 32.2. The van der Waals surface area contributed by atoms with Gasteiger partial charge in [0.05, 0.1) is 6.54 Å². The predicted molar refractivity (Wildman–Crippen MR) is 49.2 cm³/mol. The fraction of sp³-hybridized carbons (Fsp3) is 0.625. The number of thioether (sulfide) groups is 1. The summed E-state index contributed by atoms with van der Waals surface area (Å²) in [5.74, 6) is 3.34. The predicted octanol–water partition coefficient (Wildman–Crippen LogP) is 0.122. The van der Waals surface area contributed by atoms with Gasteiger partial charge >= 0.3 is 5.97 Å². The van der Waals surface area contributed by atoms with Crippen LogP contribution in [0.5, 0.6) is 0 Å². The minimum Gasteiger partial charge on any atom is -0.480 e. The summed E-state index contributed by atoms with van der Waals surface area (Å²) in [4.78, 5) is 12.5. The standard InChI is InChI=1S/C8H11NO2S/c1-2-3-9-4-5-12-6-7(9)8(10)11/h1,7H,3-6H2,(H,10,11). The van der Waals surface area contributed by atoms with E-state index in [4.69, 9.17) is 11.5 Å². The molecule has 1 N–H and O–H groups in total. The molecular formula is C8H11NO2S. The number of aliphatic carboxylic acids is 1. The van der Waals surface area contributed by atoms with Crippen LogP contribution in [0.4, 0.5) is 0 Å². The molecular weight excluding hydrogens is 174 g/mol. The third-order valence-corrected chi connectivity index (χ3v) is 2.84. The molecule has 1 saturated heterocycles. The van der Waals surface area contributed by atoms with Crippen LogP contribution in [-0.2, 0) is 4.79 Å². The molecule has 3 nitrogen and oxygen atoms in total. The van der Waals surface area contributed by atoms with E-state index in [1.807, 2.05) is 4.90 Å². The summed E-state index contributed by atoms with van der Waals surface area (Å²) in [6, 6.07) is -0.389. The maximum atomic E-state index is 10.7. The zero-order valence-corrected chi connectivity index (χ0v) is 7.51. The Hall–Kier alpha value is -0.660. The van der Waals surface area contributed by atoms with Crippen LogP contribution in [0.1, 0.15) is 0 Å². The molecule has 0 aromatic rings. The van der Waals surface area contributed by atoms with E-state index in [9.17, 15) is 4.79 Å². The van der Waals surface area contributed by atoms with E-state index in [1.165, 1.54) is 0 Å². The Labute approximate surface area is 76.1 Å². The number of nitrogens with zero attached hydrogens (tertiary/aromatic N) is 1. The van der Waals surface area contributed by atoms with Gasteiger partial charge in [0.1, 0.15) is 6.04 Å². The van der Waals surface area contributed by atoms with Gasteiger partial charge in [-0.3, -0.25) is 9.69 Å². The lowest BCUT2D eigenvalue weighted by Crippen LogP contribution is -2.47. The molecule has 1 fully saturated rings. The quantitative estimate of drug-likeness (QED) is 0.620. The average molecular weight is 185 g/mol. The van der Waals surface area contributed by atoms with E-state index in [1.54, 1.807) is 11.8 Å². The Morgan fingerprint density at radius 3 is 3.17 bits per heavy atom. The van der Waals surface area contributed by atoms with Crippen molar-refractivity contribution in [3.05, 3.63) is 0 Å². The summed E-state index contributed by atoms with van der Waals surface area (Å²) in [6.45, 7) is 1.23. The molecule has 0 aromatic carbocycles. The maximum Gasteiger partial charge on any atom is 0.321 e. The second kappa shape index (κ2) is 4.39. The summed E-state index contributed by atoms with van der Waals surface area (Å²) < 4.78 is 0. The topological polar surface area (TPSA) is 40.5 Å². The largest absolute Gasteiger partial charge is 0.480 e. The summed E-state index contributed by atoms with van der Waals surface area (Å²) in [5, 5.41) is 8.81. The third-order valence-electron chi connectivity index (χ3n) is 1.82. The van der Waals surface area contributed by atoms with Crippen molar-refractivity contribution in [2.75, 3.05) is 24.6 Å². The molecule has 66 valence electrons. The normalized spacial score (nSPS) is 24.8. The summed E-state index contributed by atoms with van der Waals surface area (Å²) in [6.07, 6.45) is 5.13. The molecule has 0 amide bonds. The minimum atomic E-state index is -0.766. The first kappa shape index (κ1) is 9.43. The van der Waals surface area contributed by atoms with E-state index < -0.39 is 5.97 Å². The van der Waals surface area contributed by atoms with E-state index in [2.05, 4.69) is 5.92 Å². The highest BCUT2D eigenvalue weighted by Gasteiger charge is 2.27. The molecule has 0 aromatic heterocycles. The first-order valence-electron chi connectivity index (χ1n) is 3.73. The molecule has 1 aliphatic heterocycles. The molecule has 1 unspecified atom stereocenters. The van der Waals surface area contributed by atoms with Crippen molar-refractivity contribution in [1.29, 1.82) is 0 Å². The average Bonchev–Trinajstić information content (AvgIpc) is 2.05. The molecule has 1 atom stereocenters. The Kier molecular flexibility index (Phi) is 3.45. The van der Waals surface area contributed by atoms with Gasteiger partial charge in [-0.25, -0.2) is 0 Å². The summed E-state index contributed by atoms with van der Waals surface area (Å²) in [5.41, 5.74) is 0. The first-order chi connectivity index (χ1) is 5.75. The van der Waals surface area contributed by atoms with Crippen LogP contribution < -0.4 is 0 Å². The van der Waals surface area contributed by atoms with Crippen molar-refractivity contribution < 1.29 is 9.90 Å². The van der Waals surface area contributed by atoms with Crippen molar-refractivity contribution >= 4 is 17.7 Å². The number of carbonyl (C=O) groups is 1. The lowest BCUT2D eigenvalue weighted by atomic mass is 10.3. The molecule has 4 heteroatoms.